The fourth-order valence-electron chi connectivity index (χ4n) is 2.59. The van der Waals surface area contributed by atoms with Gasteiger partial charge in [0.05, 0.1) is 0 Å². The summed E-state index contributed by atoms with van der Waals surface area (Å²) >= 11 is 0. The molecule has 1 nitrogen and oxygen atoms in total. The van der Waals surface area contributed by atoms with Crippen LogP contribution in [-0.4, -0.2) is 5.78 Å². The van der Waals surface area contributed by atoms with Gasteiger partial charge >= 0.3 is 0 Å². The van der Waals surface area contributed by atoms with Crippen molar-refractivity contribution in [1.82, 2.24) is 0 Å². The van der Waals surface area contributed by atoms with Crippen molar-refractivity contribution in [2.75, 3.05) is 0 Å². The van der Waals surface area contributed by atoms with Crippen molar-refractivity contribution in [3.8, 4) is 0 Å². The number of carbonyl (C=O) groups excluding carboxylic acids is 1. The van der Waals surface area contributed by atoms with Crippen LogP contribution in [0.5, 0.6) is 0 Å². The van der Waals surface area contributed by atoms with E-state index in [1.807, 2.05) is 0 Å². The van der Waals surface area contributed by atoms with Gasteiger partial charge in [-0.25, -0.2) is 0 Å². The molecule has 0 aromatic carbocycles. The number of rotatable bonds is 0. The van der Waals surface area contributed by atoms with Gasteiger partial charge in [-0.1, -0.05) is 19.1 Å². The van der Waals surface area contributed by atoms with Crippen LogP contribution in [0.1, 0.15) is 32.6 Å². The molecule has 2 aliphatic carbocycles. The van der Waals surface area contributed by atoms with Crippen molar-refractivity contribution in [2.45, 2.75) is 32.6 Å². The largest absolute Gasteiger partial charge is 0.299 e. The highest BCUT2D eigenvalue weighted by Crippen LogP contribution is 2.54. The summed E-state index contributed by atoms with van der Waals surface area (Å²) in [4.78, 5) is 11.4. The first-order valence-corrected chi connectivity index (χ1v) is 4.35. The molecule has 2 atom stereocenters. The first kappa shape index (κ1) is 7.08. The van der Waals surface area contributed by atoms with Gasteiger partial charge in [0.15, 0.2) is 0 Å². The second-order valence-corrected chi connectivity index (χ2v) is 4.08. The predicted octanol–water partition coefficient (Wildman–Crippen LogP) is 2.32. The van der Waals surface area contributed by atoms with E-state index in [1.54, 1.807) is 0 Å². The summed E-state index contributed by atoms with van der Waals surface area (Å²) in [6.45, 7) is 6.26. The molecule has 0 amide bonds. The van der Waals surface area contributed by atoms with Gasteiger partial charge in [-0.05, 0) is 24.7 Å². The molecule has 0 radical (unpaired) electrons. The zero-order valence-electron chi connectivity index (χ0n) is 7.02. The molecule has 2 rings (SSSR count). The summed E-state index contributed by atoms with van der Waals surface area (Å²) in [5, 5.41) is 0. The topological polar surface area (TPSA) is 17.1 Å². The molecule has 11 heavy (non-hydrogen) atoms. The molecule has 1 heteroatoms. The molecule has 2 saturated carbocycles. The average molecular weight is 150 g/mol. The monoisotopic (exact) mass is 150 g/mol. The highest BCUT2D eigenvalue weighted by molar-refractivity contribution is 5.85. The molecule has 60 valence electrons. The zero-order valence-corrected chi connectivity index (χ0v) is 7.02. The van der Waals surface area contributed by atoms with Gasteiger partial charge in [0.1, 0.15) is 5.78 Å². The summed E-state index contributed by atoms with van der Waals surface area (Å²) in [7, 11) is 0. The minimum atomic E-state index is 0.192. The third-order valence-corrected chi connectivity index (χ3v) is 3.59. The Bertz CT molecular complexity index is 229. The molecule has 0 saturated heterocycles. The number of fused-ring (bicyclic) bond motifs is 1. The zero-order chi connectivity index (χ0) is 8.06. The van der Waals surface area contributed by atoms with Crippen molar-refractivity contribution < 1.29 is 4.79 Å². The molecule has 0 spiro atoms. The molecule has 0 unspecified atom stereocenters. The van der Waals surface area contributed by atoms with E-state index in [2.05, 4.69) is 13.5 Å². The van der Waals surface area contributed by atoms with E-state index in [0.29, 0.717) is 11.7 Å². The van der Waals surface area contributed by atoms with Crippen molar-refractivity contribution >= 4 is 5.78 Å². The van der Waals surface area contributed by atoms with Gasteiger partial charge in [-0.2, -0.15) is 0 Å². The van der Waals surface area contributed by atoms with Gasteiger partial charge in [-0.15, -0.1) is 0 Å². The summed E-state index contributed by atoms with van der Waals surface area (Å²) in [6.07, 6.45) is 3.98. The molecule has 0 aliphatic heterocycles. The fourth-order valence-corrected chi connectivity index (χ4v) is 2.59. The lowest BCUT2D eigenvalue weighted by Gasteiger charge is -2.23. The van der Waals surface area contributed by atoms with E-state index < -0.39 is 0 Å². The van der Waals surface area contributed by atoms with Crippen molar-refractivity contribution in [1.29, 1.82) is 0 Å². The smallest absolute Gasteiger partial charge is 0.136 e. The van der Waals surface area contributed by atoms with Crippen molar-refractivity contribution in [3.05, 3.63) is 12.2 Å². The Morgan fingerprint density at radius 3 is 2.91 bits per heavy atom. The van der Waals surface area contributed by atoms with Crippen LogP contribution in [0.15, 0.2) is 12.2 Å². The quantitative estimate of drug-likeness (QED) is 0.484. The fraction of sp³-hybridized carbons (Fsp3) is 0.700. The van der Waals surface area contributed by atoms with E-state index >= 15 is 0 Å². The maximum absolute atomic E-state index is 11.4. The summed E-state index contributed by atoms with van der Waals surface area (Å²) in [5.74, 6) is 0.807. The number of allylic oxidation sites excluding steroid dienone is 1. The summed E-state index contributed by atoms with van der Waals surface area (Å²) in [6, 6.07) is 0. The normalized spacial score (nSPS) is 43.2. The second-order valence-electron chi connectivity index (χ2n) is 4.08. The van der Waals surface area contributed by atoms with E-state index in [0.717, 1.165) is 25.7 Å². The first-order chi connectivity index (χ1) is 5.14. The van der Waals surface area contributed by atoms with Crippen LogP contribution in [0.25, 0.3) is 0 Å². The second kappa shape index (κ2) is 1.96. The number of Topliss-reactive ketones (excluding diaryl/α,β-unsaturated/α-hetero) is 1. The average Bonchev–Trinajstić information content (AvgIpc) is 2.39. The Balaban J connectivity index is 2.37. The predicted molar refractivity (Wildman–Crippen MR) is 44.2 cm³/mol. The lowest BCUT2D eigenvalue weighted by atomic mass is 9.80. The Labute approximate surface area is 67.5 Å². The maximum atomic E-state index is 11.4. The number of carbonyl (C=O) groups is 1. The van der Waals surface area contributed by atoms with Crippen LogP contribution in [0, 0.1) is 11.3 Å². The molecule has 2 aliphatic rings. The van der Waals surface area contributed by atoms with Crippen LogP contribution >= 0.6 is 0 Å². The third kappa shape index (κ3) is 0.741. The molecule has 0 aromatic rings. The highest BCUT2D eigenvalue weighted by atomic mass is 16.1. The van der Waals surface area contributed by atoms with Gasteiger partial charge < -0.3 is 0 Å². The van der Waals surface area contributed by atoms with E-state index in [-0.39, 0.29) is 5.41 Å². The number of hydrogen-bond donors (Lipinski definition) is 0. The van der Waals surface area contributed by atoms with E-state index in [4.69, 9.17) is 0 Å². The van der Waals surface area contributed by atoms with Crippen molar-refractivity contribution in [3.63, 3.8) is 0 Å². The van der Waals surface area contributed by atoms with Gasteiger partial charge in [0.25, 0.3) is 0 Å². The molecule has 0 N–H and O–H groups in total. The SMILES string of the molecule is C=C1CC[C@@H]2C(=O)CC[C@]12C. The van der Waals surface area contributed by atoms with Crippen LogP contribution in [0.4, 0.5) is 0 Å². The van der Waals surface area contributed by atoms with E-state index in [9.17, 15) is 4.79 Å². The standard InChI is InChI=1S/C10H14O/c1-7-3-4-8-9(11)5-6-10(7,8)2/h8H,1,3-6H2,2H3/t8-,10-/m1/s1. The van der Waals surface area contributed by atoms with Crippen LogP contribution in [0.2, 0.25) is 0 Å². The maximum Gasteiger partial charge on any atom is 0.136 e. The number of ketones is 1. The van der Waals surface area contributed by atoms with Gasteiger partial charge in [0, 0.05) is 12.3 Å². The minimum absolute atomic E-state index is 0.192. The van der Waals surface area contributed by atoms with Crippen LogP contribution in [-0.2, 0) is 4.79 Å². The lowest BCUT2D eigenvalue weighted by Crippen LogP contribution is -2.19. The minimum Gasteiger partial charge on any atom is -0.299 e. The van der Waals surface area contributed by atoms with Crippen LogP contribution in [0.3, 0.4) is 0 Å². The number of hydrogen-bond acceptors (Lipinski definition) is 1. The molecule has 2 fully saturated rings. The summed E-state index contributed by atoms with van der Waals surface area (Å²) in [5.41, 5.74) is 1.50. The molecule has 0 heterocycles. The van der Waals surface area contributed by atoms with Crippen LogP contribution < -0.4 is 0 Å². The Morgan fingerprint density at radius 2 is 2.27 bits per heavy atom. The van der Waals surface area contributed by atoms with Gasteiger partial charge in [0.2, 0.25) is 0 Å². The molecule has 0 bridgehead atoms. The highest BCUT2D eigenvalue weighted by Gasteiger charge is 2.49. The Morgan fingerprint density at radius 1 is 1.55 bits per heavy atom. The van der Waals surface area contributed by atoms with Crippen molar-refractivity contribution in [2.24, 2.45) is 11.3 Å². The molecular formula is C10H14O. The first-order valence-electron chi connectivity index (χ1n) is 4.35. The molecular weight excluding hydrogens is 136 g/mol. The third-order valence-electron chi connectivity index (χ3n) is 3.59. The Kier molecular flexibility index (Phi) is 1.26. The van der Waals surface area contributed by atoms with E-state index in [1.165, 1.54) is 5.57 Å². The summed E-state index contributed by atoms with van der Waals surface area (Å²) < 4.78 is 0. The van der Waals surface area contributed by atoms with Gasteiger partial charge in [-0.3, -0.25) is 4.79 Å². The molecule has 0 aromatic heterocycles. The Hall–Kier alpha value is -0.590. The lowest BCUT2D eigenvalue weighted by molar-refractivity contribution is -0.121.